The van der Waals surface area contributed by atoms with Crippen molar-refractivity contribution in [2.75, 3.05) is 31.1 Å². The van der Waals surface area contributed by atoms with E-state index < -0.39 is 0 Å². The van der Waals surface area contributed by atoms with Gasteiger partial charge >= 0.3 is 0 Å². The van der Waals surface area contributed by atoms with Gasteiger partial charge in [-0.05, 0) is 44.6 Å². The number of anilines is 1. The van der Waals surface area contributed by atoms with E-state index in [-0.39, 0.29) is 5.91 Å². The number of aromatic nitrogens is 2. The number of hydrogen-bond donors (Lipinski definition) is 0. The minimum atomic E-state index is -0.0457. The second-order valence-corrected chi connectivity index (χ2v) is 6.86. The van der Waals surface area contributed by atoms with Crippen LogP contribution in [-0.2, 0) is 6.42 Å². The highest BCUT2D eigenvalue weighted by atomic mass is 16.2. The van der Waals surface area contributed by atoms with Crippen molar-refractivity contribution in [3.63, 3.8) is 0 Å². The Kier molecular flexibility index (Phi) is 6.21. The molecule has 1 amide bonds. The van der Waals surface area contributed by atoms with Crippen molar-refractivity contribution in [1.29, 1.82) is 0 Å². The lowest BCUT2D eigenvalue weighted by atomic mass is 9.90. The fraction of sp³-hybridized carbons (Fsp3) is 0.476. The molecular formula is C21H28N4O. The highest BCUT2D eigenvalue weighted by Crippen LogP contribution is 2.24. The third-order valence-corrected chi connectivity index (χ3v) is 5.21. The highest BCUT2D eigenvalue weighted by Gasteiger charge is 2.21. The van der Waals surface area contributed by atoms with Crippen LogP contribution in [0.1, 0.15) is 42.7 Å². The Hall–Kier alpha value is -2.43. The zero-order valence-corrected chi connectivity index (χ0v) is 15.8. The number of nitrogens with zero attached hydrogens (tertiary/aromatic N) is 4. The summed E-state index contributed by atoms with van der Waals surface area (Å²) >= 11 is 0. The molecule has 5 nitrogen and oxygen atoms in total. The molecule has 0 radical (unpaired) electrons. The third kappa shape index (κ3) is 4.40. The maximum absolute atomic E-state index is 12.3. The van der Waals surface area contributed by atoms with Crippen molar-refractivity contribution < 1.29 is 4.79 Å². The molecule has 2 heterocycles. The third-order valence-electron chi connectivity index (χ3n) is 5.21. The lowest BCUT2D eigenvalue weighted by Gasteiger charge is -2.32. The van der Waals surface area contributed by atoms with Crippen molar-refractivity contribution in [2.24, 2.45) is 5.92 Å². The zero-order valence-electron chi connectivity index (χ0n) is 15.8. The normalized spacial score (nSPS) is 15.1. The fourth-order valence-corrected chi connectivity index (χ4v) is 3.58. The predicted molar refractivity (Wildman–Crippen MR) is 104 cm³/mol. The highest BCUT2D eigenvalue weighted by molar-refractivity contribution is 5.92. The average Bonchev–Trinajstić information content (AvgIpc) is 2.70. The van der Waals surface area contributed by atoms with E-state index >= 15 is 0 Å². The molecule has 0 spiro atoms. The van der Waals surface area contributed by atoms with Gasteiger partial charge in [-0.25, -0.2) is 9.97 Å². The molecular weight excluding hydrogens is 324 g/mol. The molecule has 0 atom stereocenters. The standard InChI is InChI=1S/C21H28N4O/c1-3-24(4-2)21(26)19-15-23-20(16-22-19)25-12-10-18(11-13-25)14-17-8-6-5-7-9-17/h5-9,15-16,18H,3-4,10-14H2,1-2H3. The van der Waals surface area contributed by atoms with Crippen LogP contribution in [0, 0.1) is 5.92 Å². The van der Waals surface area contributed by atoms with E-state index in [1.54, 1.807) is 17.3 Å². The first kappa shape index (κ1) is 18.4. The van der Waals surface area contributed by atoms with Gasteiger partial charge < -0.3 is 9.80 Å². The number of hydrogen-bond acceptors (Lipinski definition) is 4. The summed E-state index contributed by atoms with van der Waals surface area (Å²) in [4.78, 5) is 25.2. The summed E-state index contributed by atoms with van der Waals surface area (Å²) in [5, 5.41) is 0. The minimum absolute atomic E-state index is 0.0457. The van der Waals surface area contributed by atoms with Crippen molar-refractivity contribution in [3.8, 4) is 0 Å². The van der Waals surface area contributed by atoms with E-state index in [2.05, 4.69) is 45.2 Å². The maximum atomic E-state index is 12.3. The van der Waals surface area contributed by atoms with Gasteiger partial charge in [-0.15, -0.1) is 0 Å². The van der Waals surface area contributed by atoms with Gasteiger partial charge in [0.15, 0.2) is 0 Å². The van der Waals surface area contributed by atoms with Crippen LogP contribution in [0.4, 0.5) is 5.82 Å². The molecule has 5 heteroatoms. The smallest absolute Gasteiger partial charge is 0.274 e. The largest absolute Gasteiger partial charge is 0.355 e. The summed E-state index contributed by atoms with van der Waals surface area (Å²) in [6.45, 7) is 7.32. The molecule has 1 fully saturated rings. The van der Waals surface area contributed by atoms with Gasteiger partial charge in [-0.3, -0.25) is 4.79 Å². The van der Waals surface area contributed by atoms with Crippen LogP contribution in [0.15, 0.2) is 42.7 Å². The Labute approximate surface area is 156 Å². The summed E-state index contributed by atoms with van der Waals surface area (Å²) in [5.41, 5.74) is 1.85. The lowest BCUT2D eigenvalue weighted by molar-refractivity contribution is 0.0766. The molecule has 3 rings (SSSR count). The van der Waals surface area contributed by atoms with Gasteiger partial charge in [0.2, 0.25) is 0 Å². The van der Waals surface area contributed by atoms with E-state index in [0.717, 1.165) is 44.1 Å². The number of benzene rings is 1. The van der Waals surface area contributed by atoms with E-state index in [1.165, 1.54) is 5.56 Å². The number of carbonyl (C=O) groups excluding carboxylic acids is 1. The summed E-state index contributed by atoms with van der Waals surface area (Å²) < 4.78 is 0. The lowest BCUT2D eigenvalue weighted by Crippen LogP contribution is -2.35. The monoisotopic (exact) mass is 352 g/mol. The SMILES string of the molecule is CCN(CC)C(=O)c1cnc(N2CCC(Cc3ccccc3)CC2)cn1. The van der Waals surface area contributed by atoms with Crippen LogP contribution in [0.3, 0.4) is 0 Å². The second kappa shape index (κ2) is 8.79. The molecule has 1 aromatic carbocycles. The molecule has 2 aromatic rings. The summed E-state index contributed by atoms with van der Waals surface area (Å²) in [7, 11) is 0. The molecule has 1 aromatic heterocycles. The van der Waals surface area contributed by atoms with Gasteiger partial charge in [0, 0.05) is 26.2 Å². The van der Waals surface area contributed by atoms with E-state index in [1.807, 2.05) is 13.8 Å². The van der Waals surface area contributed by atoms with Crippen molar-refractivity contribution in [1.82, 2.24) is 14.9 Å². The average molecular weight is 352 g/mol. The molecule has 0 bridgehead atoms. The van der Waals surface area contributed by atoms with Crippen LogP contribution in [0.2, 0.25) is 0 Å². The Morgan fingerprint density at radius 2 is 1.77 bits per heavy atom. The molecule has 0 aliphatic carbocycles. The first-order chi connectivity index (χ1) is 12.7. The van der Waals surface area contributed by atoms with Crippen molar-refractivity contribution >= 4 is 11.7 Å². The Morgan fingerprint density at radius 1 is 1.08 bits per heavy atom. The molecule has 26 heavy (non-hydrogen) atoms. The number of carbonyl (C=O) groups is 1. The Morgan fingerprint density at radius 3 is 2.35 bits per heavy atom. The zero-order chi connectivity index (χ0) is 18.4. The molecule has 138 valence electrons. The summed E-state index contributed by atoms with van der Waals surface area (Å²) in [6, 6.07) is 10.7. The summed E-state index contributed by atoms with van der Waals surface area (Å²) in [5.74, 6) is 1.56. The van der Waals surface area contributed by atoms with Gasteiger partial charge in [0.25, 0.3) is 5.91 Å². The summed E-state index contributed by atoms with van der Waals surface area (Å²) in [6.07, 6.45) is 6.84. The van der Waals surface area contributed by atoms with Gasteiger partial charge in [0.1, 0.15) is 11.5 Å². The maximum Gasteiger partial charge on any atom is 0.274 e. The minimum Gasteiger partial charge on any atom is -0.355 e. The fourth-order valence-electron chi connectivity index (χ4n) is 3.58. The molecule has 1 saturated heterocycles. The van der Waals surface area contributed by atoms with Crippen molar-refractivity contribution in [3.05, 3.63) is 54.0 Å². The van der Waals surface area contributed by atoms with Crippen LogP contribution in [0.25, 0.3) is 0 Å². The van der Waals surface area contributed by atoms with Crippen molar-refractivity contribution in [2.45, 2.75) is 33.1 Å². The molecule has 0 saturated carbocycles. The number of piperidine rings is 1. The predicted octanol–water partition coefficient (Wildman–Crippen LogP) is 3.42. The molecule has 0 N–H and O–H groups in total. The second-order valence-electron chi connectivity index (χ2n) is 6.86. The number of amides is 1. The Balaban J connectivity index is 1.55. The van der Waals surface area contributed by atoms with Crippen LogP contribution in [-0.4, -0.2) is 47.0 Å². The Bertz CT molecular complexity index is 690. The first-order valence-corrected chi connectivity index (χ1v) is 9.61. The molecule has 1 aliphatic rings. The topological polar surface area (TPSA) is 49.3 Å². The number of rotatable bonds is 6. The molecule has 1 aliphatic heterocycles. The van der Waals surface area contributed by atoms with Gasteiger partial charge in [0.05, 0.1) is 12.4 Å². The van der Waals surface area contributed by atoms with E-state index in [9.17, 15) is 4.79 Å². The van der Waals surface area contributed by atoms with Gasteiger partial charge in [-0.2, -0.15) is 0 Å². The quantitative estimate of drug-likeness (QED) is 0.799. The van der Waals surface area contributed by atoms with E-state index in [0.29, 0.717) is 18.8 Å². The van der Waals surface area contributed by atoms with Crippen LogP contribution < -0.4 is 4.90 Å². The van der Waals surface area contributed by atoms with E-state index in [4.69, 9.17) is 0 Å². The first-order valence-electron chi connectivity index (χ1n) is 9.61. The molecule has 0 unspecified atom stereocenters. The van der Waals surface area contributed by atoms with Crippen LogP contribution in [0.5, 0.6) is 0 Å². The van der Waals surface area contributed by atoms with Gasteiger partial charge in [-0.1, -0.05) is 30.3 Å². The van der Waals surface area contributed by atoms with Crippen LogP contribution >= 0.6 is 0 Å².